The molecule has 0 aliphatic carbocycles. The molecule has 1 atom stereocenters. The SMILES string of the molecule is NN=CC=NCC(=O)N1CCCC[C@@H]1C(=O)Nc1ccc(-c2ccccc2OC(F)(F)F)c(Cl)c1. The number of nitrogens with zero attached hydrogens (tertiary/aromatic N) is 3. The molecule has 0 saturated carbocycles. The molecule has 2 aromatic rings. The topological polar surface area (TPSA) is 109 Å². The number of para-hydroxylation sites is 1. The minimum atomic E-state index is -4.86. The van der Waals surface area contributed by atoms with Crippen LogP contribution in [0.2, 0.25) is 5.02 Å². The highest BCUT2D eigenvalue weighted by atomic mass is 35.5. The fourth-order valence-electron chi connectivity index (χ4n) is 3.75. The first-order valence-corrected chi connectivity index (χ1v) is 11.0. The van der Waals surface area contributed by atoms with Gasteiger partial charge in [-0.2, -0.15) is 5.10 Å². The Hall–Kier alpha value is -3.60. The number of hydrazone groups is 1. The molecule has 1 saturated heterocycles. The predicted molar refractivity (Wildman–Crippen MR) is 128 cm³/mol. The molecule has 3 N–H and O–H groups in total. The number of halogens is 4. The van der Waals surface area contributed by atoms with Crippen molar-refractivity contribution in [3.8, 4) is 16.9 Å². The number of benzene rings is 2. The first-order chi connectivity index (χ1) is 16.7. The summed E-state index contributed by atoms with van der Waals surface area (Å²) >= 11 is 6.35. The number of aliphatic imine (C=N–C) groups is 1. The lowest BCUT2D eigenvalue weighted by Crippen LogP contribution is -2.50. The van der Waals surface area contributed by atoms with Crippen molar-refractivity contribution in [1.29, 1.82) is 0 Å². The van der Waals surface area contributed by atoms with E-state index in [2.05, 4.69) is 20.1 Å². The highest BCUT2D eigenvalue weighted by Crippen LogP contribution is 2.38. The Morgan fingerprint density at radius 3 is 2.66 bits per heavy atom. The Kier molecular flexibility index (Phi) is 8.69. The van der Waals surface area contributed by atoms with Crippen molar-refractivity contribution >= 4 is 41.5 Å². The summed E-state index contributed by atoms with van der Waals surface area (Å²) in [5.74, 6) is 3.89. The van der Waals surface area contributed by atoms with E-state index in [9.17, 15) is 22.8 Å². The number of ether oxygens (including phenoxy) is 1. The Balaban J connectivity index is 1.75. The van der Waals surface area contributed by atoms with Crippen molar-refractivity contribution in [1.82, 2.24) is 4.90 Å². The maximum atomic E-state index is 13.0. The second kappa shape index (κ2) is 11.7. The summed E-state index contributed by atoms with van der Waals surface area (Å²) in [6.07, 6.45) is -0.278. The maximum absolute atomic E-state index is 13.0. The molecule has 0 bridgehead atoms. The second-order valence-corrected chi connectivity index (χ2v) is 8.02. The molecule has 0 radical (unpaired) electrons. The van der Waals surface area contributed by atoms with Gasteiger partial charge in [-0.15, -0.1) is 13.2 Å². The van der Waals surface area contributed by atoms with Crippen LogP contribution in [0.4, 0.5) is 18.9 Å². The average molecular weight is 510 g/mol. The van der Waals surface area contributed by atoms with Crippen LogP contribution in [0.15, 0.2) is 52.6 Å². The van der Waals surface area contributed by atoms with Gasteiger partial charge in [-0.25, -0.2) is 0 Å². The van der Waals surface area contributed by atoms with Gasteiger partial charge >= 0.3 is 6.36 Å². The molecule has 1 aliphatic rings. The average Bonchev–Trinajstić information content (AvgIpc) is 2.81. The number of anilines is 1. The van der Waals surface area contributed by atoms with Gasteiger partial charge in [0.1, 0.15) is 18.3 Å². The van der Waals surface area contributed by atoms with E-state index in [1.807, 2.05) is 0 Å². The number of nitrogens with two attached hydrogens (primary N) is 1. The number of rotatable bonds is 7. The first kappa shape index (κ1) is 26.0. The molecule has 186 valence electrons. The summed E-state index contributed by atoms with van der Waals surface area (Å²) in [6.45, 7) is 0.281. The fraction of sp³-hybridized carbons (Fsp3) is 0.304. The minimum Gasteiger partial charge on any atom is -0.405 e. The molecule has 3 rings (SSSR count). The number of likely N-dealkylation sites (tertiary alicyclic amines) is 1. The highest BCUT2D eigenvalue weighted by molar-refractivity contribution is 6.33. The molecule has 2 amide bonds. The van der Waals surface area contributed by atoms with Crippen LogP contribution in [0.1, 0.15) is 19.3 Å². The van der Waals surface area contributed by atoms with E-state index in [4.69, 9.17) is 17.4 Å². The Morgan fingerprint density at radius 2 is 1.94 bits per heavy atom. The van der Waals surface area contributed by atoms with Gasteiger partial charge in [-0.1, -0.05) is 35.9 Å². The van der Waals surface area contributed by atoms with Gasteiger partial charge < -0.3 is 20.8 Å². The molecule has 0 spiro atoms. The summed E-state index contributed by atoms with van der Waals surface area (Å²) in [6, 6.07) is 9.39. The Morgan fingerprint density at radius 1 is 1.17 bits per heavy atom. The predicted octanol–water partition coefficient (Wildman–Crippen LogP) is 4.24. The Labute approximate surface area is 204 Å². The van der Waals surface area contributed by atoms with Crippen molar-refractivity contribution < 1.29 is 27.5 Å². The molecule has 35 heavy (non-hydrogen) atoms. The number of carbonyl (C=O) groups excluding carboxylic acids is 2. The minimum absolute atomic E-state index is 0.119. The zero-order valence-electron chi connectivity index (χ0n) is 18.5. The van der Waals surface area contributed by atoms with E-state index in [0.717, 1.165) is 12.8 Å². The molecule has 1 fully saturated rings. The third-order valence-corrected chi connectivity index (χ3v) is 5.56. The van der Waals surface area contributed by atoms with Crippen molar-refractivity contribution in [2.75, 3.05) is 18.4 Å². The van der Waals surface area contributed by atoms with E-state index in [1.54, 1.807) is 6.07 Å². The Bertz CT molecular complexity index is 1120. The smallest absolute Gasteiger partial charge is 0.405 e. The quantitative estimate of drug-likeness (QED) is 0.330. The van der Waals surface area contributed by atoms with Crippen molar-refractivity contribution in [3.05, 3.63) is 47.5 Å². The lowest BCUT2D eigenvalue weighted by Gasteiger charge is -2.34. The number of amides is 2. The van der Waals surface area contributed by atoms with Crippen molar-refractivity contribution in [2.45, 2.75) is 31.7 Å². The number of carbonyl (C=O) groups is 2. The fourth-order valence-corrected chi connectivity index (χ4v) is 4.03. The third kappa shape index (κ3) is 7.19. The van der Waals surface area contributed by atoms with Crippen LogP contribution in [0.25, 0.3) is 11.1 Å². The van der Waals surface area contributed by atoms with E-state index in [1.165, 1.54) is 53.7 Å². The lowest BCUT2D eigenvalue weighted by atomic mass is 10.0. The van der Waals surface area contributed by atoms with Crippen LogP contribution in [0, 0.1) is 0 Å². The van der Waals surface area contributed by atoms with Gasteiger partial charge in [0.25, 0.3) is 0 Å². The molecule has 12 heteroatoms. The van der Waals surface area contributed by atoms with E-state index in [-0.39, 0.29) is 23.0 Å². The summed E-state index contributed by atoms with van der Waals surface area (Å²) in [7, 11) is 0. The summed E-state index contributed by atoms with van der Waals surface area (Å²) in [4.78, 5) is 30.9. The molecule has 1 heterocycles. The number of hydrogen-bond donors (Lipinski definition) is 2. The molecule has 1 aliphatic heterocycles. The summed E-state index contributed by atoms with van der Waals surface area (Å²) in [5.41, 5.74) is 0.794. The van der Waals surface area contributed by atoms with Gasteiger partial charge in [-0.05, 0) is 37.5 Å². The second-order valence-electron chi connectivity index (χ2n) is 7.61. The zero-order chi connectivity index (χ0) is 25.4. The third-order valence-electron chi connectivity index (χ3n) is 5.25. The van der Waals surface area contributed by atoms with Crippen LogP contribution >= 0.6 is 11.6 Å². The van der Waals surface area contributed by atoms with Crippen LogP contribution in [-0.2, 0) is 9.59 Å². The molecule has 0 aromatic heterocycles. The number of nitrogens with one attached hydrogen (secondary N) is 1. The first-order valence-electron chi connectivity index (χ1n) is 10.7. The van der Waals surface area contributed by atoms with Gasteiger partial charge in [0, 0.05) is 29.6 Å². The van der Waals surface area contributed by atoms with Crippen LogP contribution in [-0.4, -0.2) is 54.6 Å². The van der Waals surface area contributed by atoms with Gasteiger partial charge in [-0.3, -0.25) is 14.6 Å². The van der Waals surface area contributed by atoms with Crippen LogP contribution in [0.3, 0.4) is 0 Å². The van der Waals surface area contributed by atoms with E-state index >= 15 is 0 Å². The van der Waals surface area contributed by atoms with Gasteiger partial charge in [0.2, 0.25) is 11.8 Å². The van der Waals surface area contributed by atoms with Crippen molar-refractivity contribution in [3.63, 3.8) is 0 Å². The number of piperidine rings is 1. The molecular formula is C23H23ClF3N5O3. The molecule has 0 unspecified atom stereocenters. The van der Waals surface area contributed by atoms with Crippen LogP contribution in [0.5, 0.6) is 5.75 Å². The molecule has 8 nitrogen and oxygen atoms in total. The maximum Gasteiger partial charge on any atom is 0.573 e. The highest BCUT2D eigenvalue weighted by Gasteiger charge is 2.33. The largest absolute Gasteiger partial charge is 0.573 e. The van der Waals surface area contributed by atoms with Gasteiger partial charge in [0.15, 0.2) is 0 Å². The van der Waals surface area contributed by atoms with E-state index < -0.39 is 24.1 Å². The zero-order valence-corrected chi connectivity index (χ0v) is 19.2. The van der Waals surface area contributed by atoms with Crippen molar-refractivity contribution in [2.24, 2.45) is 15.9 Å². The summed E-state index contributed by atoms with van der Waals surface area (Å²) in [5, 5.41) is 6.12. The monoisotopic (exact) mass is 509 g/mol. The summed E-state index contributed by atoms with van der Waals surface area (Å²) < 4.78 is 42.4. The standard InChI is InChI=1S/C23H23ClF3N5O3/c24-18-13-15(8-9-16(18)17-5-1-2-7-20(17)35-23(25,26)27)31-22(34)19-6-3-4-12-32(19)21(33)14-29-10-11-30-28/h1-2,5,7-11,13,19H,3-4,6,12,14,28H2,(H,31,34)/t19-/m1/s1. The van der Waals surface area contributed by atoms with Gasteiger partial charge in [0.05, 0.1) is 11.2 Å². The lowest BCUT2D eigenvalue weighted by molar-refractivity contribution is -0.274. The van der Waals surface area contributed by atoms with E-state index in [0.29, 0.717) is 24.2 Å². The van der Waals surface area contributed by atoms with Crippen LogP contribution < -0.4 is 15.9 Å². The number of hydrogen-bond acceptors (Lipinski definition) is 6. The molecule has 2 aromatic carbocycles. The molecular weight excluding hydrogens is 487 g/mol. The number of alkyl halides is 3. The normalized spacial score (nSPS) is 16.6.